The first kappa shape index (κ1) is 18.3. The summed E-state index contributed by atoms with van der Waals surface area (Å²) in [6.45, 7) is 2.94. The van der Waals surface area contributed by atoms with E-state index in [1.807, 2.05) is 28.8 Å². The lowest BCUT2D eigenvalue weighted by atomic mass is 10.2. The standard InChI is InChI=1S/C20H22F3N3/c1-2-3-4-7-13-26-18-12-6-5-11-17(18)25-19(26)24-16-10-8-9-15(14-16)20(21,22)23/h5-6,8-12,14H,2-4,7,13H2,1H3,(H,24,25). The number of nitrogens with zero attached hydrogens (tertiary/aromatic N) is 2. The topological polar surface area (TPSA) is 29.9 Å². The van der Waals surface area contributed by atoms with Crippen molar-refractivity contribution >= 4 is 22.7 Å². The molecule has 3 rings (SSSR count). The Bertz CT molecular complexity index is 868. The van der Waals surface area contributed by atoms with E-state index < -0.39 is 11.7 Å². The zero-order valence-corrected chi connectivity index (χ0v) is 14.7. The fourth-order valence-electron chi connectivity index (χ4n) is 3.00. The predicted molar refractivity (Wildman–Crippen MR) is 98.6 cm³/mol. The lowest BCUT2D eigenvalue weighted by Crippen LogP contribution is -2.07. The van der Waals surface area contributed by atoms with Crippen LogP contribution in [-0.4, -0.2) is 9.55 Å². The van der Waals surface area contributed by atoms with E-state index >= 15 is 0 Å². The van der Waals surface area contributed by atoms with E-state index in [1.54, 1.807) is 6.07 Å². The second-order valence-electron chi connectivity index (χ2n) is 6.34. The minimum Gasteiger partial charge on any atom is -0.326 e. The zero-order valence-electron chi connectivity index (χ0n) is 14.7. The molecular formula is C20H22F3N3. The average molecular weight is 361 g/mol. The third-order valence-corrected chi connectivity index (χ3v) is 4.34. The number of para-hydroxylation sites is 2. The molecule has 0 aliphatic rings. The van der Waals surface area contributed by atoms with Gasteiger partial charge in [0.1, 0.15) is 0 Å². The molecule has 0 fully saturated rings. The van der Waals surface area contributed by atoms with E-state index in [2.05, 4.69) is 17.2 Å². The molecule has 0 aliphatic carbocycles. The monoisotopic (exact) mass is 361 g/mol. The molecule has 3 nitrogen and oxygen atoms in total. The van der Waals surface area contributed by atoms with Crippen molar-refractivity contribution in [1.29, 1.82) is 0 Å². The first-order chi connectivity index (χ1) is 12.5. The van der Waals surface area contributed by atoms with Gasteiger partial charge < -0.3 is 9.88 Å². The summed E-state index contributed by atoms with van der Waals surface area (Å²) in [5.41, 5.74) is 1.52. The van der Waals surface area contributed by atoms with Crippen LogP contribution >= 0.6 is 0 Å². The third kappa shape index (κ3) is 4.18. The smallest absolute Gasteiger partial charge is 0.326 e. The highest BCUT2D eigenvalue weighted by molar-refractivity contribution is 5.79. The molecule has 0 radical (unpaired) electrons. The molecule has 0 saturated carbocycles. The van der Waals surface area contributed by atoms with Gasteiger partial charge in [0.05, 0.1) is 16.6 Å². The quantitative estimate of drug-likeness (QED) is 0.495. The Labute approximate surface area is 150 Å². The van der Waals surface area contributed by atoms with Gasteiger partial charge in [-0.05, 0) is 36.8 Å². The van der Waals surface area contributed by atoms with Crippen LogP contribution in [-0.2, 0) is 12.7 Å². The molecule has 1 aromatic heterocycles. The van der Waals surface area contributed by atoms with Gasteiger partial charge >= 0.3 is 6.18 Å². The van der Waals surface area contributed by atoms with Crippen molar-refractivity contribution in [3.05, 3.63) is 54.1 Å². The van der Waals surface area contributed by atoms with E-state index in [0.717, 1.165) is 49.0 Å². The molecule has 6 heteroatoms. The number of imidazole rings is 1. The summed E-state index contributed by atoms with van der Waals surface area (Å²) in [7, 11) is 0. The van der Waals surface area contributed by atoms with E-state index in [9.17, 15) is 13.2 Å². The van der Waals surface area contributed by atoms with Gasteiger partial charge in [0.15, 0.2) is 0 Å². The highest BCUT2D eigenvalue weighted by Gasteiger charge is 2.30. The number of unbranched alkanes of at least 4 members (excludes halogenated alkanes) is 3. The number of aryl methyl sites for hydroxylation is 1. The Morgan fingerprint density at radius 3 is 2.58 bits per heavy atom. The van der Waals surface area contributed by atoms with Crippen molar-refractivity contribution in [2.45, 2.75) is 45.3 Å². The molecular weight excluding hydrogens is 339 g/mol. The Hall–Kier alpha value is -2.50. The lowest BCUT2D eigenvalue weighted by molar-refractivity contribution is -0.137. The van der Waals surface area contributed by atoms with Gasteiger partial charge in [-0.2, -0.15) is 13.2 Å². The molecule has 3 aromatic rings. The molecule has 0 spiro atoms. The number of benzene rings is 2. The number of nitrogens with one attached hydrogen (secondary N) is 1. The number of fused-ring (bicyclic) bond motifs is 1. The van der Waals surface area contributed by atoms with Crippen LogP contribution in [0.4, 0.5) is 24.8 Å². The molecule has 1 N–H and O–H groups in total. The Morgan fingerprint density at radius 1 is 1.00 bits per heavy atom. The summed E-state index contributed by atoms with van der Waals surface area (Å²) in [6, 6.07) is 13.0. The molecule has 1 heterocycles. The van der Waals surface area contributed by atoms with Crippen molar-refractivity contribution in [2.75, 3.05) is 5.32 Å². The third-order valence-electron chi connectivity index (χ3n) is 4.34. The summed E-state index contributed by atoms with van der Waals surface area (Å²) in [4.78, 5) is 4.57. The summed E-state index contributed by atoms with van der Waals surface area (Å²) in [5, 5.41) is 3.07. The summed E-state index contributed by atoms with van der Waals surface area (Å²) >= 11 is 0. The molecule has 0 amide bonds. The maximum atomic E-state index is 12.9. The SMILES string of the molecule is CCCCCCn1c(Nc2cccc(C(F)(F)F)c2)nc2ccccc21. The van der Waals surface area contributed by atoms with E-state index in [0.29, 0.717) is 11.6 Å². The molecule has 0 unspecified atom stereocenters. The Kier molecular flexibility index (Phi) is 5.49. The molecule has 26 heavy (non-hydrogen) atoms. The van der Waals surface area contributed by atoms with E-state index in [1.165, 1.54) is 12.5 Å². The van der Waals surface area contributed by atoms with E-state index in [4.69, 9.17) is 0 Å². The van der Waals surface area contributed by atoms with Crippen LogP contribution in [0.1, 0.15) is 38.2 Å². The summed E-state index contributed by atoms with van der Waals surface area (Å²) in [6.07, 6.45) is 0.0818. The van der Waals surface area contributed by atoms with Gasteiger partial charge in [0, 0.05) is 12.2 Å². The molecule has 0 aliphatic heterocycles. The van der Waals surface area contributed by atoms with Crippen LogP contribution in [0.25, 0.3) is 11.0 Å². The van der Waals surface area contributed by atoms with Crippen LogP contribution in [0.5, 0.6) is 0 Å². The van der Waals surface area contributed by atoms with Gasteiger partial charge in [-0.15, -0.1) is 0 Å². The largest absolute Gasteiger partial charge is 0.416 e. The molecule has 0 atom stereocenters. The van der Waals surface area contributed by atoms with Crippen molar-refractivity contribution in [2.24, 2.45) is 0 Å². The van der Waals surface area contributed by atoms with Crippen LogP contribution < -0.4 is 5.32 Å². The maximum Gasteiger partial charge on any atom is 0.416 e. The Morgan fingerprint density at radius 2 is 1.81 bits per heavy atom. The van der Waals surface area contributed by atoms with Crippen LogP contribution in [0.3, 0.4) is 0 Å². The number of aromatic nitrogens is 2. The molecule has 138 valence electrons. The first-order valence-corrected chi connectivity index (χ1v) is 8.88. The van der Waals surface area contributed by atoms with Crippen molar-refractivity contribution in [3.8, 4) is 0 Å². The number of hydrogen-bond acceptors (Lipinski definition) is 2. The van der Waals surface area contributed by atoms with Gasteiger partial charge in [-0.25, -0.2) is 4.98 Å². The van der Waals surface area contributed by atoms with Crippen molar-refractivity contribution in [1.82, 2.24) is 9.55 Å². The normalized spacial score (nSPS) is 11.8. The summed E-state index contributed by atoms with van der Waals surface area (Å²) < 4.78 is 40.9. The molecule has 2 aromatic carbocycles. The fraction of sp³-hybridized carbons (Fsp3) is 0.350. The van der Waals surface area contributed by atoms with Crippen LogP contribution in [0.15, 0.2) is 48.5 Å². The maximum absolute atomic E-state index is 12.9. The number of rotatable bonds is 7. The number of alkyl halides is 3. The lowest BCUT2D eigenvalue weighted by Gasteiger charge is -2.12. The second kappa shape index (κ2) is 7.81. The van der Waals surface area contributed by atoms with Crippen molar-refractivity contribution in [3.63, 3.8) is 0 Å². The summed E-state index contributed by atoms with van der Waals surface area (Å²) in [5.74, 6) is 0.571. The minimum atomic E-state index is -4.36. The average Bonchev–Trinajstić information content (AvgIpc) is 2.95. The number of anilines is 2. The molecule has 0 bridgehead atoms. The fourth-order valence-corrected chi connectivity index (χ4v) is 3.00. The number of halogens is 3. The zero-order chi connectivity index (χ0) is 18.6. The highest BCUT2D eigenvalue weighted by atomic mass is 19.4. The van der Waals surface area contributed by atoms with Gasteiger partial charge in [0.25, 0.3) is 0 Å². The predicted octanol–water partition coefficient (Wildman–Crippen LogP) is 6.38. The van der Waals surface area contributed by atoms with Gasteiger partial charge in [-0.3, -0.25) is 0 Å². The van der Waals surface area contributed by atoms with Crippen molar-refractivity contribution < 1.29 is 13.2 Å². The van der Waals surface area contributed by atoms with Crippen LogP contribution in [0.2, 0.25) is 0 Å². The van der Waals surface area contributed by atoms with Crippen LogP contribution in [0, 0.1) is 0 Å². The number of hydrogen-bond donors (Lipinski definition) is 1. The molecule has 0 saturated heterocycles. The van der Waals surface area contributed by atoms with Gasteiger partial charge in [-0.1, -0.05) is 44.4 Å². The minimum absolute atomic E-state index is 0.380. The van der Waals surface area contributed by atoms with E-state index in [-0.39, 0.29) is 0 Å². The van der Waals surface area contributed by atoms with Gasteiger partial charge in [0.2, 0.25) is 5.95 Å². The first-order valence-electron chi connectivity index (χ1n) is 8.88. The highest BCUT2D eigenvalue weighted by Crippen LogP contribution is 2.32. The second-order valence-corrected chi connectivity index (χ2v) is 6.34. The Balaban J connectivity index is 1.89.